The number of aliphatic imine (C=N–C) groups is 1. The first-order chi connectivity index (χ1) is 11.8. The van der Waals surface area contributed by atoms with E-state index >= 15 is 0 Å². The molecular weight excluding hydrogens is 304 g/mol. The van der Waals surface area contributed by atoms with Crippen LogP contribution in [0.4, 0.5) is 0 Å². The number of ether oxygens (including phenoxy) is 2. The van der Waals surface area contributed by atoms with Crippen LogP contribution in [0.15, 0.2) is 23.3 Å². The highest BCUT2D eigenvalue weighted by Crippen LogP contribution is 2.34. The van der Waals surface area contributed by atoms with Crippen LogP contribution in [-0.4, -0.2) is 42.3 Å². The predicted octanol–water partition coefficient (Wildman–Crippen LogP) is 2.25. The van der Waals surface area contributed by atoms with Crippen molar-refractivity contribution >= 4 is 5.96 Å². The number of rotatable bonds is 7. The summed E-state index contributed by atoms with van der Waals surface area (Å²) >= 11 is 0. The van der Waals surface area contributed by atoms with Crippen molar-refractivity contribution in [1.29, 1.82) is 0 Å². The van der Waals surface area contributed by atoms with Crippen molar-refractivity contribution in [3.63, 3.8) is 0 Å². The van der Waals surface area contributed by atoms with E-state index in [4.69, 9.17) is 9.47 Å². The minimum atomic E-state index is 0.343. The highest BCUT2D eigenvalue weighted by Gasteiger charge is 2.41. The SMILES string of the molecule is CCCOc1ccc(CN=C(NCC)NC2CC3CCC2O3)cn1. The van der Waals surface area contributed by atoms with Crippen LogP contribution < -0.4 is 15.4 Å². The van der Waals surface area contributed by atoms with Crippen LogP contribution in [-0.2, 0) is 11.3 Å². The number of fused-ring (bicyclic) bond motifs is 2. The predicted molar refractivity (Wildman–Crippen MR) is 94.3 cm³/mol. The van der Waals surface area contributed by atoms with Gasteiger partial charge in [0, 0.05) is 18.8 Å². The smallest absolute Gasteiger partial charge is 0.213 e. The normalized spacial score (nSPS) is 25.8. The molecule has 2 saturated heterocycles. The third kappa shape index (κ3) is 4.38. The standard InChI is InChI=1S/C18H28N4O2/c1-3-9-23-17-8-5-13(11-20-17)12-21-18(19-4-2)22-15-10-14-6-7-16(15)24-14/h5,8,11,14-16H,3-4,6-7,9-10,12H2,1-2H3,(H2,19,21,22). The summed E-state index contributed by atoms with van der Waals surface area (Å²) in [6.07, 6.45) is 7.04. The van der Waals surface area contributed by atoms with Gasteiger partial charge in [0.25, 0.3) is 0 Å². The van der Waals surface area contributed by atoms with Crippen LogP contribution in [0.1, 0.15) is 45.1 Å². The van der Waals surface area contributed by atoms with Crippen molar-refractivity contribution in [3.05, 3.63) is 23.9 Å². The van der Waals surface area contributed by atoms with E-state index < -0.39 is 0 Å². The van der Waals surface area contributed by atoms with E-state index in [2.05, 4.69) is 34.5 Å². The molecule has 3 unspecified atom stereocenters. The van der Waals surface area contributed by atoms with Crippen LogP contribution in [0, 0.1) is 0 Å². The van der Waals surface area contributed by atoms with Gasteiger partial charge in [0.2, 0.25) is 5.88 Å². The Kier molecular flexibility index (Phi) is 5.91. The molecule has 1 aromatic rings. The van der Waals surface area contributed by atoms with Gasteiger partial charge in [-0.25, -0.2) is 9.98 Å². The molecule has 3 heterocycles. The second-order valence-electron chi connectivity index (χ2n) is 6.41. The van der Waals surface area contributed by atoms with E-state index in [1.807, 2.05) is 18.3 Å². The van der Waals surface area contributed by atoms with Crippen LogP contribution >= 0.6 is 0 Å². The van der Waals surface area contributed by atoms with E-state index in [0.29, 0.717) is 37.3 Å². The Balaban J connectivity index is 1.55. The quantitative estimate of drug-likeness (QED) is 0.592. The fraction of sp³-hybridized carbons (Fsp3) is 0.667. The number of hydrogen-bond acceptors (Lipinski definition) is 4. The summed E-state index contributed by atoms with van der Waals surface area (Å²) in [7, 11) is 0. The lowest BCUT2D eigenvalue weighted by molar-refractivity contribution is 0.0992. The summed E-state index contributed by atoms with van der Waals surface area (Å²) in [5.74, 6) is 1.53. The Morgan fingerprint density at radius 2 is 2.29 bits per heavy atom. The average molecular weight is 332 g/mol. The van der Waals surface area contributed by atoms with Crippen molar-refractivity contribution in [2.45, 2.75) is 64.3 Å². The third-order valence-electron chi connectivity index (χ3n) is 4.44. The van der Waals surface area contributed by atoms with Gasteiger partial charge in [-0.15, -0.1) is 0 Å². The lowest BCUT2D eigenvalue weighted by atomic mass is 9.96. The average Bonchev–Trinajstić information content (AvgIpc) is 3.22. The molecule has 0 spiro atoms. The van der Waals surface area contributed by atoms with Gasteiger partial charge in [-0.2, -0.15) is 0 Å². The van der Waals surface area contributed by atoms with E-state index in [0.717, 1.165) is 37.3 Å². The van der Waals surface area contributed by atoms with E-state index in [-0.39, 0.29) is 0 Å². The molecule has 2 N–H and O–H groups in total. The Hall–Kier alpha value is -1.82. The Bertz CT molecular complexity index is 546. The van der Waals surface area contributed by atoms with Gasteiger partial charge in [-0.1, -0.05) is 13.0 Å². The van der Waals surface area contributed by atoms with Crippen molar-refractivity contribution in [2.75, 3.05) is 13.2 Å². The van der Waals surface area contributed by atoms with Gasteiger partial charge in [0.05, 0.1) is 31.4 Å². The maximum atomic E-state index is 5.90. The van der Waals surface area contributed by atoms with E-state index in [9.17, 15) is 0 Å². The first-order valence-electron chi connectivity index (χ1n) is 9.06. The van der Waals surface area contributed by atoms with Crippen LogP contribution in [0.2, 0.25) is 0 Å². The summed E-state index contributed by atoms with van der Waals surface area (Å²) in [5.41, 5.74) is 1.07. The number of hydrogen-bond donors (Lipinski definition) is 2. The van der Waals surface area contributed by atoms with Crippen LogP contribution in [0.3, 0.4) is 0 Å². The molecule has 0 saturated carbocycles. The second kappa shape index (κ2) is 8.33. The molecule has 2 bridgehead atoms. The molecule has 2 fully saturated rings. The van der Waals surface area contributed by atoms with Gasteiger partial charge in [0.15, 0.2) is 5.96 Å². The number of nitrogens with zero attached hydrogens (tertiary/aromatic N) is 2. The van der Waals surface area contributed by atoms with Gasteiger partial charge in [-0.05, 0) is 38.2 Å². The van der Waals surface area contributed by atoms with Crippen molar-refractivity contribution in [3.8, 4) is 5.88 Å². The monoisotopic (exact) mass is 332 g/mol. The molecular formula is C18H28N4O2. The topological polar surface area (TPSA) is 67.8 Å². The zero-order chi connectivity index (χ0) is 16.8. The molecule has 0 aromatic carbocycles. The van der Waals surface area contributed by atoms with Gasteiger partial charge >= 0.3 is 0 Å². The fourth-order valence-corrected chi connectivity index (χ4v) is 3.25. The van der Waals surface area contributed by atoms with E-state index in [1.165, 1.54) is 6.42 Å². The molecule has 3 atom stereocenters. The highest BCUT2D eigenvalue weighted by atomic mass is 16.5. The molecule has 132 valence electrons. The van der Waals surface area contributed by atoms with Crippen LogP contribution in [0.5, 0.6) is 5.88 Å². The fourth-order valence-electron chi connectivity index (χ4n) is 3.25. The Labute approximate surface area is 144 Å². The zero-order valence-corrected chi connectivity index (χ0v) is 14.6. The number of pyridine rings is 1. The van der Waals surface area contributed by atoms with Gasteiger partial charge in [0.1, 0.15) is 0 Å². The molecule has 6 heteroatoms. The molecule has 1 aromatic heterocycles. The molecule has 2 aliphatic heterocycles. The first kappa shape index (κ1) is 17.0. The summed E-state index contributed by atoms with van der Waals surface area (Å²) < 4.78 is 11.4. The minimum Gasteiger partial charge on any atom is -0.478 e. The third-order valence-corrected chi connectivity index (χ3v) is 4.44. The molecule has 0 amide bonds. The maximum Gasteiger partial charge on any atom is 0.213 e. The Morgan fingerprint density at radius 1 is 1.38 bits per heavy atom. The molecule has 0 aliphatic carbocycles. The summed E-state index contributed by atoms with van der Waals surface area (Å²) in [4.78, 5) is 9.00. The summed E-state index contributed by atoms with van der Waals surface area (Å²) in [5, 5.41) is 6.84. The molecule has 2 aliphatic rings. The Morgan fingerprint density at radius 3 is 2.92 bits per heavy atom. The molecule has 3 rings (SSSR count). The minimum absolute atomic E-state index is 0.343. The summed E-state index contributed by atoms with van der Waals surface area (Å²) in [6.45, 7) is 6.30. The summed E-state index contributed by atoms with van der Waals surface area (Å²) in [6, 6.07) is 4.31. The van der Waals surface area contributed by atoms with Crippen molar-refractivity contribution in [2.24, 2.45) is 4.99 Å². The highest BCUT2D eigenvalue weighted by molar-refractivity contribution is 5.80. The van der Waals surface area contributed by atoms with Crippen molar-refractivity contribution in [1.82, 2.24) is 15.6 Å². The lowest BCUT2D eigenvalue weighted by Gasteiger charge is -2.22. The first-order valence-corrected chi connectivity index (χ1v) is 9.06. The molecule has 0 radical (unpaired) electrons. The van der Waals surface area contributed by atoms with Gasteiger partial charge in [-0.3, -0.25) is 0 Å². The largest absolute Gasteiger partial charge is 0.478 e. The lowest BCUT2D eigenvalue weighted by Crippen LogP contribution is -2.47. The number of guanidine groups is 1. The number of aromatic nitrogens is 1. The number of nitrogens with one attached hydrogen (secondary N) is 2. The molecule has 24 heavy (non-hydrogen) atoms. The maximum absolute atomic E-state index is 5.90. The van der Waals surface area contributed by atoms with E-state index in [1.54, 1.807) is 0 Å². The zero-order valence-electron chi connectivity index (χ0n) is 14.6. The van der Waals surface area contributed by atoms with Gasteiger partial charge < -0.3 is 20.1 Å². The van der Waals surface area contributed by atoms with Crippen LogP contribution in [0.25, 0.3) is 0 Å². The van der Waals surface area contributed by atoms with Crippen molar-refractivity contribution < 1.29 is 9.47 Å². The molecule has 6 nitrogen and oxygen atoms in total. The second-order valence-corrected chi connectivity index (χ2v) is 6.41.